The third-order valence-electron chi connectivity index (χ3n) is 7.40. The van der Waals surface area contributed by atoms with Gasteiger partial charge >= 0.3 is 0 Å². The highest BCUT2D eigenvalue weighted by Gasteiger charge is 2.49. The number of aliphatic hydroxyl groups is 4. The molecule has 0 bridgehead atoms. The zero-order valence-corrected chi connectivity index (χ0v) is 20.5. The number of hydrogen-bond donors (Lipinski definition) is 5. The lowest BCUT2D eigenvalue weighted by Crippen LogP contribution is -2.60. The van der Waals surface area contributed by atoms with Crippen molar-refractivity contribution in [1.82, 2.24) is 0 Å². The van der Waals surface area contributed by atoms with Gasteiger partial charge in [-0.25, -0.2) is 0 Å². The number of aromatic hydroxyl groups is 1. The zero-order valence-electron chi connectivity index (χ0n) is 20.5. The van der Waals surface area contributed by atoms with E-state index in [0.29, 0.717) is 24.7 Å². The maximum atomic E-state index is 10.3. The topological polar surface area (TPSA) is 157 Å². The molecule has 5 rings (SSSR count). The lowest BCUT2D eigenvalue weighted by atomic mass is 9.85. The molecule has 3 heterocycles. The van der Waals surface area contributed by atoms with E-state index in [1.54, 1.807) is 24.3 Å². The SMILES string of the molecule is COc1cc([C@H]2OC[C@H]3[C@H]2CO[C@@H]3c2ccc(O[C@H]3O[C@@H](CO)[C@@H](O)[C@@H](O)[C@@H]3O)c(OC)c2)ccc1O. The summed E-state index contributed by atoms with van der Waals surface area (Å²) in [4.78, 5) is 0. The van der Waals surface area contributed by atoms with Crippen LogP contribution in [0.5, 0.6) is 23.0 Å². The Labute approximate surface area is 213 Å². The van der Waals surface area contributed by atoms with Crippen molar-refractivity contribution in [3.63, 3.8) is 0 Å². The Morgan fingerprint density at radius 1 is 0.784 bits per heavy atom. The van der Waals surface area contributed by atoms with Crippen LogP contribution in [0.2, 0.25) is 0 Å². The molecule has 0 unspecified atom stereocenters. The molecule has 0 aromatic heterocycles. The maximum absolute atomic E-state index is 10.3. The molecule has 0 radical (unpaired) electrons. The predicted molar refractivity (Wildman–Crippen MR) is 126 cm³/mol. The smallest absolute Gasteiger partial charge is 0.229 e. The Kier molecular flexibility index (Phi) is 7.46. The Bertz CT molecular complexity index is 1090. The molecule has 0 spiro atoms. The summed E-state index contributed by atoms with van der Waals surface area (Å²) in [5, 5.41) is 49.7. The van der Waals surface area contributed by atoms with Crippen LogP contribution in [-0.4, -0.2) is 90.3 Å². The molecule has 3 saturated heterocycles. The molecular weight excluding hydrogens is 488 g/mol. The van der Waals surface area contributed by atoms with Gasteiger partial charge in [0.05, 0.1) is 46.2 Å². The highest BCUT2D eigenvalue weighted by molar-refractivity contribution is 5.45. The van der Waals surface area contributed by atoms with Gasteiger partial charge in [-0.15, -0.1) is 0 Å². The maximum Gasteiger partial charge on any atom is 0.229 e. The van der Waals surface area contributed by atoms with Crippen molar-refractivity contribution >= 4 is 0 Å². The number of rotatable bonds is 7. The molecule has 202 valence electrons. The van der Waals surface area contributed by atoms with Crippen LogP contribution in [0.3, 0.4) is 0 Å². The summed E-state index contributed by atoms with van der Waals surface area (Å²) in [6.45, 7) is 0.436. The summed E-state index contributed by atoms with van der Waals surface area (Å²) in [6.07, 6.45) is -7.41. The number of ether oxygens (including phenoxy) is 6. The first-order chi connectivity index (χ1) is 17.9. The van der Waals surface area contributed by atoms with Crippen molar-refractivity contribution < 1.29 is 54.0 Å². The lowest BCUT2D eigenvalue weighted by molar-refractivity contribution is -0.277. The van der Waals surface area contributed by atoms with Crippen LogP contribution in [0.25, 0.3) is 0 Å². The molecule has 11 nitrogen and oxygen atoms in total. The first-order valence-electron chi connectivity index (χ1n) is 12.1. The summed E-state index contributed by atoms with van der Waals surface area (Å²) in [7, 11) is 2.98. The highest BCUT2D eigenvalue weighted by Crippen LogP contribution is 2.51. The van der Waals surface area contributed by atoms with Crippen LogP contribution in [-0.2, 0) is 14.2 Å². The van der Waals surface area contributed by atoms with E-state index < -0.39 is 37.3 Å². The van der Waals surface area contributed by atoms with Gasteiger partial charge in [0.1, 0.15) is 24.4 Å². The number of methoxy groups -OCH3 is 2. The number of fused-ring (bicyclic) bond motifs is 1. The van der Waals surface area contributed by atoms with Gasteiger partial charge in [-0.2, -0.15) is 0 Å². The van der Waals surface area contributed by atoms with Gasteiger partial charge in [-0.05, 0) is 35.4 Å². The molecule has 2 aromatic rings. The first kappa shape index (κ1) is 26.0. The van der Waals surface area contributed by atoms with Crippen LogP contribution in [0.1, 0.15) is 23.3 Å². The molecule has 0 aliphatic carbocycles. The van der Waals surface area contributed by atoms with E-state index in [9.17, 15) is 25.5 Å². The van der Waals surface area contributed by atoms with E-state index in [4.69, 9.17) is 28.4 Å². The van der Waals surface area contributed by atoms with Gasteiger partial charge in [0.15, 0.2) is 23.0 Å². The fourth-order valence-corrected chi connectivity index (χ4v) is 5.35. The van der Waals surface area contributed by atoms with E-state index in [-0.39, 0.29) is 35.5 Å². The molecule has 0 amide bonds. The van der Waals surface area contributed by atoms with Gasteiger partial charge in [-0.1, -0.05) is 12.1 Å². The number of benzene rings is 2. The Morgan fingerprint density at radius 3 is 1.97 bits per heavy atom. The normalized spacial score (nSPS) is 35.2. The Hall–Kier alpha value is -2.64. The summed E-state index contributed by atoms with van der Waals surface area (Å²) in [5.41, 5.74) is 1.77. The van der Waals surface area contributed by atoms with Crippen LogP contribution in [0.4, 0.5) is 0 Å². The quantitative estimate of drug-likeness (QED) is 0.349. The van der Waals surface area contributed by atoms with Crippen molar-refractivity contribution in [1.29, 1.82) is 0 Å². The van der Waals surface area contributed by atoms with E-state index in [1.807, 2.05) is 12.1 Å². The molecule has 11 heteroatoms. The molecular formula is C26H32O11. The Morgan fingerprint density at radius 2 is 1.38 bits per heavy atom. The van der Waals surface area contributed by atoms with Crippen molar-refractivity contribution in [2.24, 2.45) is 11.8 Å². The van der Waals surface area contributed by atoms with Crippen LogP contribution < -0.4 is 14.2 Å². The molecule has 3 fully saturated rings. The van der Waals surface area contributed by atoms with E-state index in [2.05, 4.69) is 0 Å². The first-order valence-corrected chi connectivity index (χ1v) is 12.1. The number of aliphatic hydroxyl groups excluding tert-OH is 4. The summed E-state index contributed by atoms with van der Waals surface area (Å²) < 4.78 is 34.3. The number of hydrogen-bond acceptors (Lipinski definition) is 11. The lowest BCUT2D eigenvalue weighted by Gasteiger charge is -2.39. The standard InChI is InChI=1S/C26H32O11/c1-32-18-7-12(3-5-16(18)28)24-14-10-35-25(15(14)11-34-24)13-4-6-17(19(8-13)33-2)36-26-23(31)22(30)21(29)20(9-27)37-26/h3-8,14-15,20-31H,9-11H2,1-2H3/t14-,15+,20+,21-,22-,23+,24-,25-,26+/m1/s1. The van der Waals surface area contributed by atoms with Crippen molar-refractivity contribution in [3.05, 3.63) is 47.5 Å². The third kappa shape index (κ3) is 4.72. The largest absolute Gasteiger partial charge is 0.504 e. The van der Waals surface area contributed by atoms with Gasteiger partial charge in [0.2, 0.25) is 6.29 Å². The monoisotopic (exact) mass is 520 g/mol. The summed E-state index contributed by atoms with van der Waals surface area (Å²) >= 11 is 0. The van der Waals surface area contributed by atoms with Gasteiger partial charge in [0.25, 0.3) is 0 Å². The van der Waals surface area contributed by atoms with Crippen LogP contribution in [0.15, 0.2) is 36.4 Å². The van der Waals surface area contributed by atoms with E-state index in [0.717, 1.165) is 11.1 Å². The second-order valence-electron chi connectivity index (χ2n) is 9.49. The number of phenols is 1. The molecule has 2 aromatic carbocycles. The molecule has 3 aliphatic rings. The Balaban J connectivity index is 1.32. The molecule has 37 heavy (non-hydrogen) atoms. The van der Waals surface area contributed by atoms with Crippen LogP contribution >= 0.6 is 0 Å². The van der Waals surface area contributed by atoms with Gasteiger partial charge in [0, 0.05) is 11.8 Å². The van der Waals surface area contributed by atoms with Crippen molar-refractivity contribution in [2.45, 2.75) is 42.9 Å². The van der Waals surface area contributed by atoms with E-state index in [1.165, 1.54) is 14.2 Å². The zero-order chi connectivity index (χ0) is 26.3. The minimum Gasteiger partial charge on any atom is -0.504 e. The second kappa shape index (κ2) is 10.6. The molecule has 9 atom stereocenters. The van der Waals surface area contributed by atoms with Gasteiger partial charge in [-0.3, -0.25) is 0 Å². The fraction of sp³-hybridized carbons (Fsp3) is 0.538. The van der Waals surface area contributed by atoms with Crippen molar-refractivity contribution in [3.8, 4) is 23.0 Å². The average molecular weight is 521 g/mol. The molecule has 5 N–H and O–H groups in total. The average Bonchev–Trinajstić information content (AvgIpc) is 3.52. The van der Waals surface area contributed by atoms with Gasteiger partial charge < -0.3 is 54.0 Å². The third-order valence-corrected chi connectivity index (χ3v) is 7.40. The highest BCUT2D eigenvalue weighted by atomic mass is 16.7. The summed E-state index contributed by atoms with van der Waals surface area (Å²) in [6, 6.07) is 10.5. The minimum atomic E-state index is -1.55. The van der Waals surface area contributed by atoms with Crippen LogP contribution in [0, 0.1) is 11.8 Å². The molecule has 3 aliphatic heterocycles. The summed E-state index contributed by atoms with van der Waals surface area (Å²) in [5.74, 6) is 1.27. The number of phenolic OH excluding ortho intramolecular Hbond substituents is 1. The second-order valence-corrected chi connectivity index (χ2v) is 9.49. The molecule has 0 saturated carbocycles. The van der Waals surface area contributed by atoms with Crippen molar-refractivity contribution in [2.75, 3.05) is 34.0 Å². The van der Waals surface area contributed by atoms with E-state index >= 15 is 0 Å². The predicted octanol–water partition coefficient (Wildman–Crippen LogP) is 0.663. The minimum absolute atomic E-state index is 0.0689. The fourth-order valence-electron chi connectivity index (χ4n) is 5.35.